The summed E-state index contributed by atoms with van der Waals surface area (Å²) in [6, 6.07) is 25.7. The van der Waals surface area contributed by atoms with E-state index in [1.807, 2.05) is 66.7 Å². The zero-order chi connectivity index (χ0) is 21.8. The second kappa shape index (κ2) is 9.24. The average Bonchev–Trinajstić information content (AvgIpc) is 3.12. The predicted octanol–water partition coefficient (Wildman–Crippen LogP) is 4.53. The molecule has 2 N–H and O–H groups in total. The molecule has 0 saturated carbocycles. The van der Waals surface area contributed by atoms with Crippen LogP contribution in [0.3, 0.4) is 0 Å². The van der Waals surface area contributed by atoms with Crippen molar-refractivity contribution in [1.29, 1.82) is 0 Å². The topological polar surface area (TPSA) is 64.3 Å². The van der Waals surface area contributed by atoms with Crippen LogP contribution in [0.5, 0.6) is 0 Å². The molecule has 6 heteroatoms. The molecule has 1 aliphatic rings. The SMILES string of the molecule is O=C(Nc1ccccc1)c1cccc(CN2CCCN(c3nc4ccccc4[nH]3)CC2)c1. The summed E-state index contributed by atoms with van der Waals surface area (Å²) >= 11 is 0. The highest BCUT2D eigenvalue weighted by Crippen LogP contribution is 2.19. The maximum absolute atomic E-state index is 12.6. The third-order valence-corrected chi connectivity index (χ3v) is 5.89. The fourth-order valence-electron chi connectivity index (χ4n) is 4.22. The number of rotatable bonds is 5. The van der Waals surface area contributed by atoms with E-state index in [0.29, 0.717) is 5.56 Å². The average molecular weight is 426 g/mol. The Hall–Kier alpha value is -3.64. The quantitative estimate of drug-likeness (QED) is 0.493. The zero-order valence-electron chi connectivity index (χ0n) is 18.0. The van der Waals surface area contributed by atoms with Crippen molar-refractivity contribution in [1.82, 2.24) is 14.9 Å². The molecule has 0 spiro atoms. The normalized spacial score (nSPS) is 14.9. The maximum atomic E-state index is 12.6. The molecule has 6 nitrogen and oxygen atoms in total. The van der Waals surface area contributed by atoms with Gasteiger partial charge >= 0.3 is 0 Å². The van der Waals surface area contributed by atoms with Crippen molar-refractivity contribution in [3.05, 3.63) is 90.0 Å². The molecule has 1 aliphatic heterocycles. The molecule has 1 aromatic heterocycles. The van der Waals surface area contributed by atoms with Gasteiger partial charge in [0.2, 0.25) is 5.95 Å². The lowest BCUT2D eigenvalue weighted by atomic mass is 10.1. The number of carbonyl (C=O) groups is 1. The van der Waals surface area contributed by atoms with Crippen molar-refractivity contribution in [3.8, 4) is 0 Å². The van der Waals surface area contributed by atoms with Gasteiger partial charge in [0.15, 0.2) is 0 Å². The van der Waals surface area contributed by atoms with Crippen LogP contribution in [0.25, 0.3) is 11.0 Å². The predicted molar refractivity (Wildman–Crippen MR) is 129 cm³/mol. The van der Waals surface area contributed by atoms with Gasteiger partial charge in [0, 0.05) is 44.0 Å². The highest BCUT2D eigenvalue weighted by atomic mass is 16.1. The second-order valence-corrected chi connectivity index (χ2v) is 8.21. The summed E-state index contributed by atoms with van der Waals surface area (Å²) in [6.45, 7) is 4.72. The van der Waals surface area contributed by atoms with Crippen LogP contribution in [0.4, 0.5) is 11.6 Å². The third-order valence-electron chi connectivity index (χ3n) is 5.89. The van der Waals surface area contributed by atoms with E-state index in [1.54, 1.807) is 0 Å². The fraction of sp³-hybridized carbons (Fsp3) is 0.231. The maximum Gasteiger partial charge on any atom is 0.255 e. The number of benzene rings is 3. The molecule has 0 radical (unpaired) electrons. The van der Waals surface area contributed by atoms with E-state index in [1.165, 1.54) is 0 Å². The molecule has 32 heavy (non-hydrogen) atoms. The number of nitrogens with one attached hydrogen (secondary N) is 2. The Morgan fingerprint density at radius 1 is 0.906 bits per heavy atom. The Bertz CT molecular complexity index is 1170. The van der Waals surface area contributed by atoms with Crippen molar-refractivity contribution < 1.29 is 4.79 Å². The van der Waals surface area contributed by atoms with E-state index in [-0.39, 0.29) is 5.91 Å². The smallest absolute Gasteiger partial charge is 0.255 e. The molecule has 0 bridgehead atoms. The Labute approximate surface area is 187 Å². The molecule has 1 fully saturated rings. The van der Waals surface area contributed by atoms with Crippen LogP contribution in [0.15, 0.2) is 78.9 Å². The number of anilines is 2. The van der Waals surface area contributed by atoms with Gasteiger partial charge in [-0.1, -0.05) is 42.5 Å². The summed E-state index contributed by atoms with van der Waals surface area (Å²) in [6.07, 6.45) is 1.07. The Morgan fingerprint density at radius 2 is 1.75 bits per heavy atom. The number of imidazole rings is 1. The number of aromatic nitrogens is 2. The van der Waals surface area contributed by atoms with Gasteiger partial charge < -0.3 is 15.2 Å². The minimum absolute atomic E-state index is 0.0787. The second-order valence-electron chi connectivity index (χ2n) is 8.21. The van der Waals surface area contributed by atoms with Crippen LogP contribution in [0, 0.1) is 0 Å². The van der Waals surface area contributed by atoms with Crippen molar-refractivity contribution in [2.75, 3.05) is 36.4 Å². The van der Waals surface area contributed by atoms with Gasteiger partial charge in [-0.15, -0.1) is 0 Å². The molecule has 0 aliphatic carbocycles. The molecule has 0 unspecified atom stereocenters. The van der Waals surface area contributed by atoms with Crippen LogP contribution in [0.2, 0.25) is 0 Å². The first-order valence-electron chi connectivity index (χ1n) is 11.1. The number of amides is 1. The lowest BCUT2D eigenvalue weighted by Crippen LogP contribution is -2.31. The highest BCUT2D eigenvalue weighted by Gasteiger charge is 2.18. The zero-order valence-corrected chi connectivity index (χ0v) is 18.0. The fourth-order valence-corrected chi connectivity index (χ4v) is 4.22. The Balaban J connectivity index is 1.22. The molecule has 4 aromatic rings. The van der Waals surface area contributed by atoms with Gasteiger partial charge in [0.25, 0.3) is 5.91 Å². The molecular formula is C26H27N5O. The highest BCUT2D eigenvalue weighted by molar-refractivity contribution is 6.04. The first-order chi connectivity index (χ1) is 15.7. The molecule has 3 aromatic carbocycles. The van der Waals surface area contributed by atoms with Crippen LogP contribution in [0.1, 0.15) is 22.3 Å². The molecule has 5 rings (SSSR count). The first kappa shape index (κ1) is 20.3. The van der Waals surface area contributed by atoms with E-state index < -0.39 is 0 Å². The van der Waals surface area contributed by atoms with E-state index in [0.717, 1.165) is 67.4 Å². The third kappa shape index (κ3) is 4.65. The van der Waals surface area contributed by atoms with Gasteiger partial charge in [-0.05, 0) is 48.4 Å². The molecule has 162 valence electrons. The van der Waals surface area contributed by atoms with Gasteiger partial charge in [0.1, 0.15) is 0 Å². The summed E-state index contributed by atoms with van der Waals surface area (Å²) in [5.41, 5.74) is 4.73. The number of carbonyl (C=O) groups excluding carboxylic acids is 1. The van der Waals surface area contributed by atoms with Gasteiger partial charge in [-0.2, -0.15) is 0 Å². The minimum atomic E-state index is -0.0787. The number of hydrogen-bond donors (Lipinski definition) is 2. The molecule has 1 amide bonds. The van der Waals surface area contributed by atoms with Crippen LogP contribution < -0.4 is 10.2 Å². The van der Waals surface area contributed by atoms with E-state index in [9.17, 15) is 4.79 Å². The van der Waals surface area contributed by atoms with Crippen LogP contribution in [-0.4, -0.2) is 47.0 Å². The van der Waals surface area contributed by atoms with Crippen molar-refractivity contribution >= 4 is 28.6 Å². The number of hydrogen-bond acceptors (Lipinski definition) is 4. The standard InChI is InChI=1S/C26H27N5O/c32-25(27-22-10-2-1-3-11-22)21-9-6-8-20(18-21)19-30-14-7-15-31(17-16-30)26-28-23-12-4-5-13-24(23)29-26/h1-6,8-13,18H,7,14-17,19H2,(H,27,32)(H,28,29). The summed E-state index contributed by atoms with van der Waals surface area (Å²) in [4.78, 5) is 25.6. The number of aromatic amines is 1. The van der Waals surface area contributed by atoms with Gasteiger partial charge in [-0.3, -0.25) is 9.69 Å². The van der Waals surface area contributed by atoms with Crippen LogP contribution >= 0.6 is 0 Å². The van der Waals surface area contributed by atoms with E-state index in [4.69, 9.17) is 4.98 Å². The molecular weight excluding hydrogens is 398 g/mol. The summed E-state index contributed by atoms with van der Waals surface area (Å²) in [5, 5.41) is 2.96. The summed E-state index contributed by atoms with van der Waals surface area (Å²) in [7, 11) is 0. The molecule has 2 heterocycles. The van der Waals surface area contributed by atoms with Gasteiger partial charge in [-0.25, -0.2) is 4.98 Å². The largest absolute Gasteiger partial charge is 0.341 e. The van der Waals surface area contributed by atoms with Crippen molar-refractivity contribution in [2.24, 2.45) is 0 Å². The Morgan fingerprint density at radius 3 is 2.62 bits per heavy atom. The van der Waals surface area contributed by atoms with Crippen molar-refractivity contribution in [2.45, 2.75) is 13.0 Å². The van der Waals surface area contributed by atoms with Gasteiger partial charge in [0.05, 0.1) is 11.0 Å². The number of fused-ring (bicyclic) bond motifs is 1. The molecule has 0 atom stereocenters. The number of H-pyrrole nitrogens is 1. The summed E-state index contributed by atoms with van der Waals surface area (Å²) < 4.78 is 0. The van der Waals surface area contributed by atoms with Crippen LogP contribution in [-0.2, 0) is 6.54 Å². The van der Waals surface area contributed by atoms with E-state index in [2.05, 4.69) is 32.2 Å². The Kier molecular flexibility index (Phi) is 5.85. The number of para-hydroxylation sites is 3. The lowest BCUT2D eigenvalue weighted by Gasteiger charge is -2.21. The lowest BCUT2D eigenvalue weighted by molar-refractivity contribution is 0.102. The monoisotopic (exact) mass is 425 g/mol. The van der Waals surface area contributed by atoms with Crippen molar-refractivity contribution in [3.63, 3.8) is 0 Å². The summed E-state index contributed by atoms with van der Waals surface area (Å²) in [5.74, 6) is 0.873. The number of nitrogens with zero attached hydrogens (tertiary/aromatic N) is 3. The van der Waals surface area contributed by atoms with E-state index >= 15 is 0 Å². The minimum Gasteiger partial charge on any atom is -0.341 e. The molecule has 1 saturated heterocycles. The first-order valence-corrected chi connectivity index (χ1v) is 11.1.